The molecule has 1 aliphatic heterocycles. The van der Waals surface area contributed by atoms with Crippen LogP contribution in [0.3, 0.4) is 0 Å². The largest absolute Gasteiger partial charge is 0.449 e. The maximum absolute atomic E-state index is 13.8. The van der Waals surface area contributed by atoms with E-state index in [2.05, 4.69) is 37.3 Å². The SMILES string of the molecule is CCOC(=O)NN(C(=O)OCC)C1c2c(oc3c(Br)cc(Br)cc3c2=O)C(=O)N1C1CCCCC1. The van der Waals surface area contributed by atoms with Crippen molar-refractivity contribution in [1.82, 2.24) is 15.3 Å². The van der Waals surface area contributed by atoms with Crippen LogP contribution < -0.4 is 10.9 Å². The second-order valence-corrected chi connectivity index (χ2v) is 9.99. The van der Waals surface area contributed by atoms with Crippen molar-refractivity contribution in [2.75, 3.05) is 13.2 Å². The molecule has 1 aromatic carbocycles. The number of halogens is 2. The van der Waals surface area contributed by atoms with Gasteiger partial charge >= 0.3 is 12.2 Å². The van der Waals surface area contributed by atoms with Crippen molar-refractivity contribution in [3.8, 4) is 0 Å². The topological polar surface area (TPSA) is 118 Å². The number of benzene rings is 1. The molecule has 0 spiro atoms. The Bertz CT molecular complexity index is 1230. The van der Waals surface area contributed by atoms with E-state index in [0.717, 1.165) is 24.3 Å². The molecular formula is C23H25Br2N3O7. The van der Waals surface area contributed by atoms with Gasteiger partial charge in [-0.3, -0.25) is 9.59 Å². The summed E-state index contributed by atoms with van der Waals surface area (Å²) in [6.07, 6.45) is 1.09. The van der Waals surface area contributed by atoms with Crippen LogP contribution in [0.1, 0.15) is 68.2 Å². The van der Waals surface area contributed by atoms with Gasteiger partial charge in [0.25, 0.3) is 5.91 Å². The van der Waals surface area contributed by atoms with E-state index in [-0.39, 0.29) is 41.5 Å². The molecule has 1 fully saturated rings. The minimum Gasteiger partial charge on any atom is -0.449 e. The summed E-state index contributed by atoms with van der Waals surface area (Å²) in [5.74, 6) is -0.688. The number of carbonyl (C=O) groups is 3. The van der Waals surface area contributed by atoms with Gasteiger partial charge in [-0.05, 0) is 54.8 Å². The second kappa shape index (κ2) is 10.6. The number of hydrogen-bond acceptors (Lipinski definition) is 7. The fraction of sp³-hybridized carbons (Fsp3) is 0.478. The molecule has 1 saturated carbocycles. The summed E-state index contributed by atoms with van der Waals surface area (Å²) in [4.78, 5) is 54.4. The minimum absolute atomic E-state index is 0.0169. The van der Waals surface area contributed by atoms with Gasteiger partial charge < -0.3 is 18.8 Å². The normalized spacial score (nSPS) is 17.9. The van der Waals surface area contributed by atoms with Crippen LogP contribution in [0, 0.1) is 0 Å². The number of rotatable bonds is 4. The van der Waals surface area contributed by atoms with Crippen LogP contribution in [0.5, 0.6) is 0 Å². The van der Waals surface area contributed by atoms with Crippen molar-refractivity contribution in [1.29, 1.82) is 0 Å². The number of hydrazine groups is 1. The predicted octanol–water partition coefficient (Wildman–Crippen LogP) is 5.22. The van der Waals surface area contributed by atoms with Crippen molar-refractivity contribution in [3.05, 3.63) is 42.6 Å². The molecule has 0 radical (unpaired) electrons. The fourth-order valence-corrected chi connectivity index (χ4v) is 5.94. The lowest BCUT2D eigenvalue weighted by Gasteiger charge is -2.39. The van der Waals surface area contributed by atoms with E-state index in [0.29, 0.717) is 21.8 Å². The average molecular weight is 615 g/mol. The van der Waals surface area contributed by atoms with E-state index in [1.807, 2.05) is 0 Å². The van der Waals surface area contributed by atoms with Crippen molar-refractivity contribution in [2.45, 2.75) is 58.2 Å². The molecule has 2 aliphatic rings. The lowest BCUT2D eigenvalue weighted by atomic mass is 9.94. The van der Waals surface area contributed by atoms with Gasteiger partial charge in [-0.15, -0.1) is 0 Å². The van der Waals surface area contributed by atoms with Gasteiger partial charge in [0.2, 0.25) is 11.2 Å². The Morgan fingerprint density at radius 3 is 2.46 bits per heavy atom. The molecule has 4 rings (SSSR count). The maximum atomic E-state index is 13.8. The highest BCUT2D eigenvalue weighted by Crippen LogP contribution is 2.41. The molecule has 0 bridgehead atoms. The summed E-state index contributed by atoms with van der Waals surface area (Å²) in [6.45, 7) is 3.31. The molecule has 2 heterocycles. The van der Waals surface area contributed by atoms with Crippen molar-refractivity contribution in [3.63, 3.8) is 0 Å². The number of nitrogens with zero attached hydrogens (tertiary/aromatic N) is 2. The zero-order valence-corrected chi connectivity index (χ0v) is 22.4. The summed E-state index contributed by atoms with van der Waals surface area (Å²) in [6, 6.07) is 3.04. The van der Waals surface area contributed by atoms with Crippen molar-refractivity contribution in [2.24, 2.45) is 0 Å². The minimum atomic E-state index is -1.26. The van der Waals surface area contributed by atoms with Gasteiger partial charge in [-0.2, -0.15) is 5.01 Å². The van der Waals surface area contributed by atoms with Crippen molar-refractivity contribution >= 4 is 60.9 Å². The van der Waals surface area contributed by atoms with Crippen LogP contribution in [0.2, 0.25) is 0 Å². The van der Waals surface area contributed by atoms with Crippen LogP contribution in [-0.2, 0) is 9.47 Å². The van der Waals surface area contributed by atoms with E-state index >= 15 is 0 Å². The number of fused-ring (bicyclic) bond motifs is 2. The molecular weight excluding hydrogens is 590 g/mol. The van der Waals surface area contributed by atoms with Gasteiger partial charge in [-0.25, -0.2) is 15.0 Å². The first-order chi connectivity index (χ1) is 16.8. The molecule has 1 aliphatic carbocycles. The zero-order chi connectivity index (χ0) is 25.3. The number of hydrogen-bond donors (Lipinski definition) is 1. The Balaban J connectivity index is 1.94. The summed E-state index contributed by atoms with van der Waals surface area (Å²) in [5.41, 5.74) is 2.07. The lowest BCUT2D eigenvalue weighted by Crippen LogP contribution is -2.55. The third-order valence-corrected chi connectivity index (χ3v) is 7.11. The Kier molecular flexibility index (Phi) is 7.70. The van der Waals surface area contributed by atoms with Gasteiger partial charge in [0, 0.05) is 10.5 Å². The van der Waals surface area contributed by atoms with E-state index < -0.39 is 29.7 Å². The molecule has 188 valence electrons. The molecule has 1 atom stereocenters. The van der Waals surface area contributed by atoms with E-state index in [1.165, 1.54) is 4.90 Å². The average Bonchev–Trinajstić information content (AvgIpc) is 3.11. The van der Waals surface area contributed by atoms with Gasteiger partial charge in [0.1, 0.15) is 0 Å². The number of ether oxygens (including phenoxy) is 2. The Labute approximate surface area is 218 Å². The first-order valence-electron chi connectivity index (χ1n) is 11.5. The quantitative estimate of drug-likeness (QED) is 0.469. The first kappa shape index (κ1) is 25.5. The third kappa shape index (κ3) is 4.77. The number of nitrogens with one attached hydrogen (secondary N) is 1. The van der Waals surface area contributed by atoms with Crippen LogP contribution in [0.4, 0.5) is 9.59 Å². The maximum Gasteiger partial charge on any atom is 0.431 e. The van der Waals surface area contributed by atoms with Gasteiger partial charge in [0.15, 0.2) is 11.7 Å². The first-order valence-corrected chi connectivity index (χ1v) is 13.0. The van der Waals surface area contributed by atoms with Gasteiger partial charge in [0.05, 0.1) is 28.6 Å². The molecule has 1 aromatic heterocycles. The van der Waals surface area contributed by atoms with Crippen LogP contribution in [0.25, 0.3) is 11.0 Å². The Morgan fingerprint density at radius 2 is 1.80 bits per heavy atom. The molecule has 1 unspecified atom stereocenters. The highest BCUT2D eigenvalue weighted by atomic mass is 79.9. The molecule has 12 heteroatoms. The van der Waals surface area contributed by atoms with E-state index in [9.17, 15) is 19.2 Å². The second-order valence-electron chi connectivity index (χ2n) is 8.22. The highest BCUT2D eigenvalue weighted by molar-refractivity contribution is 9.11. The molecule has 1 N–H and O–H groups in total. The van der Waals surface area contributed by atoms with Crippen LogP contribution in [-0.4, -0.2) is 47.3 Å². The summed E-state index contributed by atoms with van der Waals surface area (Å²) in [7, 11) is 0. The smallest absolute Gasteiger partial charge is 0.431 e. The summed E-state index contributed by atoms with van der Waals surface area (Å²) >= 11 is 6.77. The summed E-state index contributed by atoms with van der Waals surface area (Å²) in [5, 5.41) is 1.07. The van der Waals surface area contributed by atoms with Crippen molar-refractivity contribution < 1.29 is 28.3 Å². The highest BCUT2D eigenvalue weighted by Gasteiger charge is 2.50. The van der Waals surface area contributed by atoms with Crippen LogP contribution >= 0.6 is 31.9 Å². The number of carbonyl (C=O) groups excluding carboxylic acids is 3. The lowest BCUT2D eigenvalue weighted by molar-refractivity contribution is -0.0102. The Hall–Kier alpha value is -2.60. The zero-order valence-electron chi connectivity index (χ0n) is 19.3. The third-order valence-electron chi connectivity index (χ3n) is 6.06. The van der Waals surface area contributed by atoms with Crippen LogP contribution in [0.15, 0.2) is 30.3 Å². The van der Waals surface area contributed by atoms with Gasteiger partial charge in [-0.1, -0.05) is 35.2 Å². The molecule has 2 aromatic rings. The van der Waals surface area contributed by atoms with E-state index in [4.69, 9.17) is 13.9 Å². The monoisotopic (exact) mass is 613 g/mol. The molecule has 0 saturated heterocycles. The molecule has 10 nitrogen and oxygen atoms in total. The molecule has 35 heavy (non-hydrogen) atoms. The fourth-order valence-electron chi connectivity index (χ4n) is 4.64. The number of amides is 3. The summed E-state index contributed by atoms with van der Waals surface area (Å²) < 4.78 is 17.3. The Morgan fingerprint density at radius 1 is 1.11 bits per heavy atom. The predicted molar refractivity (Wildman–Crippen MR) is 133 cm³/mol. The standard InChI is InChI=1S/C23H25Br2N3O7/c1-3-33-22(31)26-28(23(32)34-4-2)20-16-17(29)14-10-12(24)11-15(25)18(14)35-19(16)21(30)27(20)13-8-6-5-7-9-13/h10-11,13,20H,3-9H2,1-2H3,(H,26,31). The molecule has 3 amide bonds. The van der Waals surface area contributed by atoms with E-state index in [1.54, 1.807) is 26.0 Å².